The second kappa shape index (κ2) is 8.05. The first-order chi connectivity index (χ1) is 13.7. The zero-order valence-electron chi connectivity index (χ0n) is 15.5. The van der Waals surface area contributed by atoms with Crippen molar-refractivity contribution in [3.05, 3.63) is 102 Å². The van der Waals surface area contributed by atoms with E-state index in [0.29, 0.717) is 17.3 Å². The summed E-state index contributed by atoms with van der Waals surface area (Å²) in [5.74, 6) is 0.383. The summed E-state index contributed by atoms with van der Waals surface area (Å²) in [4.78, 5) is 0. The maximum Gasteiger partial charge on any atom is 0.247 e. The maximum absolute atomic E-state index is 14.5. The molecule has 0 saturated heterocycles. The third-order valence-corrected chi connectivity index (χ3v) is 4.60. The lowest BCUT2D eigenvalue weighted by Gasteiger charge is -2.18. The number of halogens is 1. The van der Waals surface area contributed by atoms with Gasteiger partial charge >= 0.3 is 0 Å². The highest BCUT2D eigenvalue weighted by Gasteiger charge is 2.24. The molecule has 28 heavy (non-hydrogen) atoms. The third-order valence-electron chi connectivity index (χ3n) is 4.60. The van der Waals surface area contributed by atoms with Crippen molar-refractivity contribution in [1.29, 1.82) is 0 Å². The third kappa shape index (κ3) is 3.78. The predicted octanol–water partition coefficient (Wildman–Crippen LogP) is 5.64. The number of hydrogen-bond donors (Lipinski definition) is 1. The molecule has 1 unspecified atom stereocenters. The highest BCUT2D eigenvalue weighted by atomic mass is 19.1. The number of hydrogen-bond acceptors (Lipinski definition) is 4. The number of nitrogens with one attached hydrogen (secondary N) is 1. The molecule has 0 radical (unpaired) electrons. The maximum atomic E-state index is 14.5. The molecule has 0 bridgehead atoms. The Hall–Kier alpha value is -3.47. The Balaban J connectivity index is 1.71. The van der Waals surface area contributed by atoms with E-state index in [2.05, 4.69) is 22.4 Å². The van der Waals surface area contributed by atoms with E-state index in [9.17, 15) is 4.39 Å². The molecule has 0 fully saturated rings. The fraction of sp³-hybridized carbons (Fsp3) is 0.130. The highest BCUT2D eigenvalue weighted by molar-refractivity contribution is 5.53. The van der Waals surface area contributed by atoms with Crippen molar-refractivity contribution >= 4 is 5.69 Å². The van der Waals surface area contributed by atoms with Crippen molar-refractivity contribution in [3.8, 4) is 11.5 Å². The van der Waals surface area contributed by atoms with E-state index in [4.69, 9.17) is 4.42 Å². The van der Waals surface area contributed by atoms with E-state index in [1.54, 1.807) is 18.2 Å². The van der Waals surface area contributed by atoms with E-state index in [0.717, 1.165) is 17.7 Å². The van der Waals surface area contributed by atoms with Gasteiger partial charge in [-0.1, -0.05) is 55.5 Å². The first kappa shape index (κ1) is 17.9. The lowest BCUT2D eigenvalue weighted by Crippen LogP contribution is -2.14. The fourth-order valence-electron chi connectivity index (χ4n) is 3.03. The molecule has 0 aliphatic carbocycles. The summed E-state index contributed by atoms with van der Waals surface area (Å²) in [6.45, 7) is 2.11. The molecule has 0 aliphatic rings. The average molecular weight is 373 g/mol. The van der Waals surface area contributed by atoms with Gasteiger partial charge in [0, 0.05) is 16.8 Å². The van der Waals surface area contributed by atoms with Gasteiger partial charge in [0.05, 0.1) is 0 Å². The van der Waals surface area contributed by atoms with Gasteiger partial charge in [0.1, 0.15) is 11.9 Å². The highest BCUT2D eigenvalue weighted by Crippen LogP contribution is 2.30. The monoisotopic (exact) mass is 373 g/mol. The van der Waals surface area contributed by atoms with Gasteiger partial charge in [-0.15, -0.1) is 10.2 Å². The summed E-state index contributed by atoms with van der Waals surface area (Å²) >= 11 is 0. The molecule has 1 atom stereocenters. The van der Waals surface area contributed by atoms with Crippen LogP contribution in [0, 0.1) is 5.82 Å². The van der Waals surface area contributed by atoms with Gasteiger partial charge < -0.3 is 9.73 Å². The first-order valence-electron chi connectivity index (χ1n) is 9.23. The first-order valence-corrected chi connectivity index (χ1v) is 9.23. The molecule has 4 rings (SSSR count). The fourth-order valence-corrected chi connectivity index (χ4v) is 3.03. The van der Waals surface area contributed by atoms with Crippen molar-refractivity contribution < 1.29 is 8.81 Å². The molecule has 0 amide bonds. The summed E-state index contributed by atoms with van der Waals surface area (Å²) in [5.41, 5.74) is 3.35. The van der Waals surface area contributed by atoms with Crippen molar-refractivity contribution in [2.45, 2.75) is 19.4 Å². The Morgan fingerprint density at radius 2 is 1.61 bits per heavy atom. The van der Waals surface area contributed by atoms with Gasteiger partial charge in [-0.3, -0.25) is 0 Å². The largest absolute Gasteiger partial charge is 0.418 e. The molecule has 1 N–H and O–H groups in total. The van der Waals surface area contributed by atoms with Crippen molar-refractivity contribution in [1.82, 2.24) is 10.2 Å². The molecule has 3 aromatic carbocycles. The molecule has 0 spiro atoms. The van der Waals surface area contributed by atoms with Crippen LogP contribution < -0.4 is 5.32 Å². The lowest BCUT2D eigenvalue weighted by atomic mass is 10.1. The number of aromatic nitrogens is 2. The molecule has 0 aliphatic heterocycles. The Morgan fingerprint density at radius 3 is 2.32 bits per heavy atom. The van der Waals surface area contributed by atoms with Crippen LogP contribution in [-0.2, 0) is 6.42 Å². The standard InChI is InChI=1S/C23H20FN3O/c1-2-16-12-14-18(15-13-16)25-21(19-10-6-7-11-20(19)24)23-27-26-22(28-23)17-8-4-3-5-9-17/h3-15,21,25H,2H2,1H3. The van der Waals surface area contributed by atoms with Crippen LogP contribution in [0.3, 0.4) is 0 Å². The van der Waals surface area contributed by atoms with Gasteiger partial charge in [-0.25, -0.2) is 4.39 Å². The molecular formula is C23H20FN3O. The second-order valence-corrected chi connectivity index (χ2v) is 6.46. The summed E-state index contributed by atoms with van der Waals surface area (Å²) in [7, 11) is 0. The Kier molecular flexibility index (Phi) is 5.15. The van der Waals surface area contributed by atoms with Crippen LogP contribution in [0.25, 0.3) is 11.5 Å². The molecule has 4 aromatic rings. The van der Waals surface area contributed by atoms with E-state index >= 15 is 0 Å². The Morgan fingerprint density at radius 1 is 0.893 bits per heavy atom. The van der Waals surface area contributed by atoms with Crippen LogP contribution in [0.1, 0.15) is 30.0 Å². The summed E-state index contributed by atoms with van der Waals surface area (Å²) in [6.07, 6.45) is 0.959. The van der Waals surface area contributed by atoms with E-state index < -0.39 is 6.04 Å². The second-order valence-electron chi connectivity index (χ2n) is 6.46. The van der Waals surface area contributed by atoms with Crippen LogP contribution >= 0.6 is 0 Å². The zero-order valence-corrected chi connectivity index (χ0v) is 15.5. The average Bonchev–Trinajstić information content (AvgIpc) is 3.24. The number of anilines is 1. The predicted molar refractivity (Wildman–Crippen MR) is 107 cm³/mol. The van der Waals surface area contributed by atoms with Crippen LogP contribution in [0.5, 0.6) is 0 Å². The normalized spacial score (nSPS) is 11.9. The smallest absolute Gasteiger partial charge is 0.247 e. The van der Waals surface area contributed by atoms with Gasteiger partial charge in [0.25, 0.3) is 0 Å². The number of aryl methyl sites for hydroxylation is 1. The number of nitrogens with zero attached hydrogens (tertiary/aromatic N) is 2. The minimum Gasteiger partial charge on any atom is -0.418 e. The van der Waals surface area contributed by atoms with Gasteiger partial charge in [0.15, 0.2) is 0 Å². The van der Waals surface area contributed by atoms with E-state index in [1.165, 1.54) is 11.6 Å². The van der Waals surface area contributed by atoms with Crippen molar-refractivity contribution in [2.75, 3.05) is 5.32 Å². The zero-order chi connectivity index (χ0) is 19.3. The molecule has 4 nitrogen and oxygen atoms in total. The number of rotatable bonds is 6. The summed E-state index contributed by atoms with van der Waals surface area (Å²) < 4.78 is 20.5. The van der Waals surface area contributed by atoms with E-state index in [-0.39, 0.29) is 5.82 Å². The SMILES string of the molecule is CCc1ccc(NC(c2nnc(-c3ccccc3)o2)c2ccccc2F)cc1. The molecule has 1 heterocycles. The topological polar surface area (TPSA) is 51.0 Å². The lowest BCUT2D eigenvalue weighted by molar-refractivity contribution is 0.485. The Labute approximate surface area is 163 Å². The van der Waals surface area contributed by atoms with Crippen LogP contribution in [0.15, 0.2) is 83.3 Å². The van der Waals surface area contributed by atoms with E-state index in [1.807, 2.05) is 54.6 Å². The van der Waals surface area contributed by atoms with Crippen LogP contribution in [0.2, 0.25) is 0 Å². The quantitative estimate of drug-likeness (QED) is 0.475. The molecular weight excluding hydrogens is 353 g/mol. The summed E-state index contributed by atoms with van der Waals surface area (Å²) in [6, 6.07) is 23.6. The van der Waals surface area contributed by atoms with Crippen LogP contribution in [-0.4, -0.2) is 10.2 Å². The summed E-state index contributed by atoms with van der Waals surface area (Å²) in [5, 5.41) is 11.7. The van der Waals surface area contributed by atoms with Crippen molar-refractivity contribution in [2.24, 2.45) is 0 Å². The van der Waals surface area contributed by atoms with Gasteiger partial charge in [-0.05, 0) is 42.3 Å². The van der Waals surface area contributed by atoms with Gasteiger partial charge in [-0.2, -0.15) is 0 Å². The van der Waals surface area contributed by atoms with Crippen molar-refractivity contribution in [3.63, 3.8) is 0 Å². The molecule has 0 saturated carbocycles. The molecule has 1 aromatic heterocycles. The van der Waals surface area contributed by atoms with Crippen LogP contribution in [0.4, 0.5) is 10.1 Å². The minimum atomic E-state index is -0.598. The Bertz CT molecular complexity index is 1040. The number of benzene rings is 3. The minimum absolute atomic E-state index is 0.309. The molecule has 140 valence electrons. The molecule has 5 heteroatoms. The van der Waals surface area contributed by atoms with Gasteiger partial charge in [0.2, 0.25) is 11.8 Å².